The molecule has 0 aliphatic heterocycles. The second kappa shape index (κ2) is 8.22. The molecule has 0 amide bonds. The molecule has 8 heteroatoms. The zero-order valence-electron chi connectivity index (χ0n) is 15.4. The van der Waals surface area contributed by atoms with E-state index in [-0.39, 0.29) is 22.7 Å². The summed E-state index contributed by atoms with van der Waals surface area (Å²) in [6.07, 6.45) is 1.49. The summed E-state index contributed by atoms with van der Waals surface area (Å²) >= 11 is 6.32. The van der Waals surface area contributed by atoms with Crippen LogP contribution in [0.4, 0.5) is 11.4 Å². The van der Waals surface area contributed by atoms with Gasteiger partial charge in [0.05, 0.1) is 28.5 Å². The normalized spacial score (nSPS) is 12.0. The van der Waals surface area contributed by atoms with Crippen LogP contribution >= 0.6 is 11.6 Å². The molecule has 1 N–H and O–H groups in total. The number of non-ortho nitro benzene ring substituents is 1. The lowest BCUT2D eigenvalue weighted by Gasteiger charge is -2.24. The van der Waals surface area contributed by atoms with Crippen LogP contribution in [0.1, 0.15) is 25.5 Å². The monoisotopic (exact) mass is 398 g/mol. The van der Waals surface area contributed by atoms with E-state index in [1.165, 1.54) is 30.5 Å². The van der Waals surface area contributed by atoms with Crippen LogP contribution in [0.2, 0.25) is 5.02 Å². The molecule has 28 heavy (non-hydrogen) atoms. The summed E-state index contributed by atoms with van der Waals surface area (Å²) in [6, 6.07) is 15.4. The van der Waals surface area contributed by atoms with Gasteiger partial charge in [0, 0.05) is 12.1 Å². The Balaban J connectivity index is 1.93. The highest BCUT2D eigenvalue weighted by molar-refractivity contribution is 6.33. The smallest absolute Gasteiger partial charge is 0.292 e. The minimum Gasteiger partial charge on any atom is -0.375 e. The number of nitrogens with zero attached hydrogens (tertiary/aromatic N) is 3. The lowest BCUT2D eigenvalue weighted by molar-refractivity contribution is -0.384. The summed E-state index contributed by atoms with van der Waals surface area (Å²) in [5.41, 5.74) is 1.34. The molecule has 0 bridgehead atoms. The van der Waals surface area contributed by atoms with E-state index in [0.717, 1.165) is 10.2 Å². The number of halogens is 1. The predicted molar refractivity (Wildman–Crippen MR) is 109 cm³/mol. The third kappa shape index (κ3) is 4.04. The summed E-state index contributed by atoms with van der Waals surface area (Å²) in [4.78, 5) is 23.0. The highest BCUT2D eigenvalue weighted by Gasteiger charge is 2.19. The van der Waals surface area contributed by atoms with Crippen molar-refractivity contribution in [2.75, 3.05) is 5.32 Å². The van der Waals surface area contributed by atoms with Crippen molar-refractivity contribution in [3.63, 3.8) is 0 Å². The van der Waals surface area contributed by atoms with Crippen LogP contribution in [-0.2, 0) is 0 Å². The highest BCUT2D eigenvalue weighted by atomic mass is 35.5. The molecule has 3 aromatic rings. The van der Waals surface area contributed by atoms with Gasteiger partial charge in [0.15, 0.2) is 0 Å². The van der Waals surface area contributed by atoms with E-state index in [1.807, 2.05) is 30.3 Å². The van der Waals surface area contributed by atoms with Gasteiger partial charge in [-0.15, -0.1) is 0 Å². The molecule has 0 radical (unpaired) electrons. The van der Waals surface area contributed by atoms with Gasteiger partial charge in [-0.1, -0.05) is 55.8 Å². The molecule has 1 unspecified atom stereocenters. The molecule has 0 aliphatic rings. The number of hydrogen-bond acceptors (Lipinski definition) is 5. The zero-order valence-corrected chi connectivity index (χ0v) is 16.1. The van der Waals surface area contributed by atoms with Crippen LogP contribution < -0.4 is 10.9 Å². The third-order valence-corrected chi connectivity index (χ3v) is 4.73. The van der Waals surface area contributed by atoms with Crippen LogP contribution in [0.15, 0.2) is 65.6 Å². The third-order valence-electron chi connectivity index (χ3n) is 4.36. The van der Waals surface area contributed by atoms with Gasteiger partial charge in [-0.25, -0.2) is 0 Å². The van der Waals surface area contributed by atoms with Gasteiger partial charge >= 0.3 is 0 Å². The Hall–Kier alpha value is -3.19. The molecule has 144 valence electrons. The maximum Gasteiger partial charge on any atom is 0.292 e. The Kier molecular flexibility index (Phi) is 5.75. The van der Waals surface area contributed by atoms with Crippen molar-refractivity contribution in [3.05, 3.63) is 91.8 Å². The molecule has 1 aromatic heterocycles. The molecule has 0 fully saturated rings. The van der Waals surface area contributed by atoms with E-state index < -0.39 is 10.5 Å². The molecular formula is C20H19ClN4O3. The van der Waals surface area contributed by atoms with Crippen molar-refractivity contribution < 1.29 is 4.92 Å². The number of anilines is 1. The van der Waals surface area contributed by atoms with Gasteiger partial charge in [-0.05, 0) is 23.6 Å². The molecule has 2 aromatic carbocycles. The number of nitro benzene ring substituents is 1. The van der Waals surface area contributed by atoms with Gasteiger partial charge in [-0.2, -0.15) is 9.78 Å². The van der Waals surface area contributed by atoms with Crippen LogP contribution in [0.3, 0.4) is 0 Å². The fourth-order valence-corrected chi connectivity index (χ4v) is 3.08. The Morgan fingerprint density at radius 1 is 1.11 bits per heavy atom. The first-order valence-corrected chi connectivity index (χ1v) is 9.10. The van der Waals surface area contributed by atoms with E-state index in [0.29, 0.717) is 11.4 Å². The van der Waals surface area contributed by atoms with Crippen molar-refractivity contribution in [1.29, 1.82) is 0 Å². The maximum atomic E-state index is 12.7. The van der Waals surface area contributed by atoms with Crippen molar-refractivity contribution in [2.24, 2.45) is 5.92 Å². The number of rotatable bonds is 6. The number of nitrogens with one attached hydrogen (secondary N) is 1. The van der Waals surface area contributed by atoms with E-state index in [9.17, 15) is 14.9 Å². The van der Waals surface area contributed by atoms with Gasteiger partial charge in [-0.3, -0.25) is 14.9 Å². The van der Waals surface area contributed by atoms with Crippen molar-refractivity contribution in [2.45, 2.75) is 19.9 Å². The molecular weight excluding hydrogens is 380 g/mol. The predicted octanol–water partition coefficient (Wildman–Crippen LogP) is 4.60. The van der Waals surface area contributed by atoms with Gasteiger partial charge < -0.3 is 5.32 Å². The summed E-state index contributed by atoms with van der Waals surface area (Å²) in [5.74, 6) is 0.246. The number of aromatic nitrogens is 2. The molecule has 7 nitrogen and oxygen atoms in total. The molecule has 0 spiro atoms. The first kappa shape index (κ1) is 19.6. The molecule has 0 saturated heterocycles. The lowest BCUT2D eigenvalue weighted by Crippen LogP contribution is -2.24. The highest BCUT2D eigenvalue weighted by Crippen LogP contribution is 2.28. The lowest BCUT2D eigenvalue weighted by atomic mass is 9.96. The average molecular weight is 399 g/mol. The van der Waals surface area contributed by atoms with Crippen LogP contribution in [0, 0.1) is 16.0 Å². The Bertz CT molecular complexity index is 1030. The maximum absolute atomic E-state index is 12.7. The van der Waals surface area contributed by atoms with Gasteiger partial charge in [0.1, 0.15) is 5.02 Å². The minimum atomic E-state index is -0.504. The summed E-state index contributed by atoms with van der Waals surface area (Å²) in [6.45, 7) is 4.15. The first-order valence-electron chi connectivity index (χ1n) is 8.72. The Morgan fingerprint density at radius 2 is 1.75 bits per heavy atom. The molecule has 0 saturated carbocycles. The van der Waals surface area contributed by atoms with Gasteiger partial charge in [0.25, 0.3) is 11.2 Å². The number of hydrogen-bond donors (Lipinski definition) is 1. The van der Waals surface area contributed by atoms with E-state index in [1.54, 1.807) is 0 Å². The molecule has 3 rings (SSSR count). The Labute approximate surface area is 166 Å². The van der Waals surface area contributed by atoms with Crippen LogP contribution in [0.5, 0.6) is 0 Å². The fraction of sp³-hybridized carbons (Fsp3) is 0.200. The molecule has 1 heterocycles. The second-order valence-corrected chi connectivity index (χ2v) is 7.02. The number of benzene rings is 2. The largest absolute Gasteiger partial charge is 0.375 e. The van der Waals surface area contributed by atoms with Crippen molar-refractivity contribution in [1.82, 2.24) is 9.78 Å². The van der Waals surface area contributed by atoms with Crippen molar-refractivity contribution in [3.8, 4) is 5.69 Å². The average Bonchev–Trinajstić information content (AvgIpc) is 2.69. The van der Waals surface area contributed by atoms with Crippen LogP contribution in [-0.4, -0.2) is 14.7 Å². The van der Waals surface area contributed by atoms with Crippen LogP contribution in [0.25, 0.3) is 5.69 Å². The van der Waals surface area contributed by atoms with Gasteiger partial charge in [0.2, 0.25) is 0 Å². The summed E-state index contributed by atoms with van der Waals surface area (Å²) in [5, 5.41) is 18.3. The Morgan fingerprint density at radius 3 is 2.32 bits per heavy atom. The van der Waals surface area contributed by atoms with E-state index >= 15 is 0 Å². The number of nitro groups is 1. The standard InChI is InChI=1S/C20H19ClN4O3/c1-13(2)19(14-6-4-3-5-7-14)23-17-12-22-24(20(26)18(17)21)15-8-10-16(11-9-15)25(27)28/h3-13,19,23H,1-2H3. The minimum absolute atomic E-state index is 0.00920. The SMILES string of the molecule is CC(C)C(Nc1cnn(-c2ccc([N+](=O)[O-])cc2)c(=O)c1Cl)c1ccccc1. The summed E-state index contributed by atoms with van der Waals surface area (Å²) < 4.78 is 1.12. The van der Waals surface area contributed by atoms with E-state index in [4.69, 9.17) is 11.6 Å². The quantitative estimate of drug-likeness (QED) is 0.484. The van der Waals surface area contributed by atoms with E-state index in [2.05, 4.69) is 24.3 Å². The second-order valence-electron chi connectivity index (χ2n) is 6.64. The first-order chi connectivity index (χ1) is 13.4. The van der Waals surface area contributed by atoms with Crippen molar-refractivity contribution >= 4 is 23.0 Å². The molecule has 1 atom stereocenters. The molecule has 0 aliphatic carbocycles. The fourth-order valence-electron chi connectivity index (χ4n) is 2.90. The zero-order chi connectivity index (χ0) is 20.3. The summed E-state index contributed by atoms with van der Waals surface area (Å²) in [7, 11) is 0. The topological polar surface area (TPSA) is 90.1 Å².